The molecule has 21 heavy (non-hydrogen) atoms. The number of imidazole rings is 1. The molecule has 0 saturated carbocycles. The fraction of sp³-hybridized carbons (Fsp3) is 0.333. The third kappa shape index (κ3) is 3.11. The van der Waals surface area contributed by atoms with Crippen LogP contribution in [0.4, 0.5) is 0 Å². The number of aromatic nitrogens is 3. The van der Waals surface area contributed by atoms with Gasteiger partial charge >= 0.3 is 0 Å². The number of aryl methyl sites for hydroxylation is 1. The van der Waals surface area contributed by atoms with Gasteiger partial charge in [0.2, 0.25) is 0 Å². The van der Waals surface area contributed by atoms with Gasteiger partial charge in [-0.3, -0.25) is 0 Å². The molecule has 3 rings (SSSR count). The fourth-order valence-electron chi connectivity index (χ4n) is 2.11. The van der Waals surface area contributed by atoms with E-state index in [4.69, 9.17) is 4.42 Å². The number of oxazole rings is 1. The molecule has 3 aromatic rings. The molecule has 0 radical (unpaired) electrons. The Kier molecular flexibility index (Phi) is 4.26. The summed E-state index contributed by atoms with van der Waals surface area (Å²) in [6.07, 6.45) is 4.81. The smallest absolute Gasteiger partial charge is 0.262 e. The van der Waals surface area contributed by atoms with Crippen molar-refractivity contribution < 1.29 is 4.42 Å². The van der Waals surface area contributed by atoms with Crippen LogP contribution in [0.3, 0.4) is 0 Å². The average Bonchev–Trinajstić information content (AvgIpc) is 3.04. The van der Waals surface area contributed by atoms with Crippen molar-refractivity contribution in [3.63, 3.8) is 0 Å². The molecule has 3 aromatic heterocycles. The van der Waals surface area contributed by atoms with Gasteiger partial charge in [0.1, 0.15) is 16.9 Å². The first-order valence-corrected chi connectivity index (χ1v) is 7.86. The number of fused-ring (bicyclic) bond motifs is 1. The van der Waals surface area contributed by atoms with E-state index >= 15 is 0 Å². The van der Waals surface area contributed by atoms with Crippen LogP contribution in [0.2, 0.25) is 0 Å². The van der Waals surface area contributed by atoms with Crippen LogP contribution in [0.15, 0.2) is 45.3 Å². The lowest BCUT2D eigenvalue weighted by molar-refractivity contribution is 0.453. The lowest BCUT2D eigenvalue weighted by Crippen LogP contribution is -2.15. The van der Waals surface area contributed by atoms with E-state index in [-0.39, 0.29) is 0 Å². The van der Waals surface area contributed by atoms with E-state index < -0.39 is 0 Å². The van der Waals surface area contributed by atoms with Crippen LogP contribution in [0.5, 0.6) is 0 Å². The molecule has 110 valence electrons. The van der Waals surface area contributed by atoms with Gasteiger partial charge in [0.25, 0.3) is 5.22 Å². The van der Waals surface area contributed by atoms with Crippen LogP contribution < -0.4 is 5.32 Å². The van der Waals surface area contributed by atoms with E-state index in [1.165, 1.54) is 11.8 Å². The van der Waals surface area contributed by atoms with Crippen LogP contribution >= 0.6 is 11.8 Å². The summed E-state index contributed by atoms with van der Waals surface area (Å²) in [4.78, 5) is 9.02. The molecule has 0 bridgehead atoms. The van der Waals surface area contributed by atoms with E-state index in [0.29, 0.717) is 5.22 Å². The number of rotatable bonds is 6. The molecule has 0 aromatic carbocycles. The third-order valence-corrected chi connectivity index (χ3v) is 3.98. The molecule has 1 N–H and O–H groups in total. The summed E-state index contributed by atoms with van der Waals surface area (Å²) >= 11 is 1.47. The Morgan fingerprint density at radius 3 is 3.00 bits per heavy atom. The maximum Gasteiger partial charge on any atom is 0.262 e. The lowest BCUT2D eigenvalue weighted by atomic mass is 10.4. The SMILES string of the molecule is CCCNCc1c(Sc2nc(C)co2)nc2ccccn12. The molecule has 3 heterocycles. The van der Waals surface area contributed by atoms with Gasteiger partial charge in [0.05, 0.1) is 11.4 Å². The highest BCUT2D eigenvalue weighted by Crippen LogP contribution is 2.29. The average molecular weight is 302 g/mol. The van der Waals surface area contributed by atoms with E-state index in [1.54, 1.807) is 6.26 Å². The highest BCUT2D eigenvalue weighted by Gasteiger charge is 2.15. The fourth-order valence-corrected chi connectivity index (χ4v) is 2.99. The predicted octanol–water partition coefficient (Wildman–Crippen LogP) is 3.28. The van der Waals surface area contributed by atoms with Gasteiger partial charge in [-0.05, 0) is 43.8 Å². The molecule has 0 fully saturated rings. The van der Waals surface area contributed by atoms with Crippen LogP contribution in [-0.4, -0.2) is 20.9 Å². The monoisotopic (exact) mass is 302 g/mol. The minimum atomic E-state index is 0.632. The van der Waals surface area contributed by atoms with Gasteiger partial charge in [0, 0.05) is 12.7 Å². The quantitative estimate of drug-likeness (QED) is 0.708. The zero-order chi connectivity index (χ0) is 14.7. The number of nitrogens with one attached hydrogen (secondary N) is 1. The van der Waals surface area contributed by atoms with Crippen LogP contribution in [0, 0.1) is 6.92 Å². The van der Waals surface area contributed by atoms with Gasteiger partial charge in [-0.15, -0.1) is 0 Å². The zero-order valence-electron chi connectivity index (χ0n) is 12.2. The molecule has 0 spiro atoms. The lowest BCUT2D eigenvalue weighted by Gasteiger charge is -2.05. The van der Waals surface area contributed by atoms with Crippen molar-refractivity contribution >= 4 is 17.4 Å². The molecule has 0 unspecified atom stereocenters. The Morgan fingerprint density at radius 1 is 1.33 bits per heavy atom. The summed E-state index contributed by atoms with van der Waals surface area (Å²) in [6.45, 7) is 5.84. The Morgan fingerprint density at radius 2 is 2.24 bits per heavy atom. The number of pyridine rings is 1. The molecule has 6 heteroatoms. The zero-order valence-corrected chi connectivity index (χ0v) is 13.0. The number of hydrogen-bond acceptors (Lipinski definition) is 5. The minimum Gasteiger partial charge on any atom is -0.439 e. The van der Waals surface area contributed by atoms with Crippen molar-refractivity contribution in [1.82, 2.24) is 19.7 Å². The largest absolute Gasteiger partial charge is 0.439 e. The first kappa shape index (κ1) is 14.2. The Balaban J connectivity index is 1.93. The van der Waals surface area contributed by atoms with Gasteiger partial charge in [-0.1, -0.05) is 13.0 Å². The third-order valence-electron chi connectivity index (χ3n) is 3.09. The highest BCUT2D eigenvalue weighted by molar-refractivity contribution is 7.99. The van der Waals surface area contributed by atoms with E-state index in [1.807, 2.05) is 31.3 Å². The maximum absolute atomic E-state index is 5.43. The second-order valence-corrected chi connectivity index (χ2v) is 5.77. The first-order valence-electron chi connectivity index (χ1n) is 7.04. The summed E-state index contributed by atoms with van der Waals surface area (Å²) in [7, 11) is 0. The summed E-state index contributed by atoms with van der Waals surface area (Å²) in [5.74, 6) is 0. The first-order chi connectivity index (χ1) is 10.3. The second kappa shape index (κ2) is 6.32. The molecule has 0 aliphatic carbocycles. The molecular weight excluding hydrogens is 284 g/mol. The summed E-state index contributed by atoms with van der Waals surface area (Å²) in [6, 6.07) is 6.02. The van der Waals surface area contributed by atoms with Crippen molar-refractivity contribution in [3.8, 4) is 0 Å². The molecule has 0 atom stereocenters. The summed E-state index contributed by atoms with van der Waals surface area (Å²) in [5.41, 5.74) is 2.96. The molecule has 5 nitrogen and oxygen atoms in total. The normalized spacial score (nSPS) is 11.3. The molecular formula is C15H18N4OS. The predicted molar refractivity (Wildman–Crippen MR) is 82.6 cm³/mol. The second-order valence-electron chi connectivity index (χ2n) is 4.83. The van der Waals surface area contributed by atoms with Crippen LogP contribution in [-0.2, 0) is 6.54 Å². The van der Waals surface area contributed by atoms with Crippen molar-refractivity contribution in [1.29, 1.82) is 0 Å². The van der Waals surface area contributed by atoms with Crippen molar-refractivity contribution in [2.45, 2.75) is 37.1 Å². The highest BCUT2D eigenvalue weighted by atomic mass is 32.2. The Hall–Kier alpha value is -1.79. The van der Waals surface area contributed by atoms with Crippen LogP contribution in [0.25, 0.3) is 5.65 Å². The maximum atomic E-state index is 5.43. The van der Waals surface area contributed by atoms with Gasteiger partial charge in [-0.2, -0.15) is 0 Å². The van der Waals surface area contributed by atoms with E-state index in [0.717, 1.165) is 41.6 Å². The van der Waals surface area contributed by atoms with Gasteiger partial charge in [0.15, 0.2) is 0 Å². The van der Waals surface area contributed by atoms with Crippen LogP contribution in [0.1, 0.15) is 24.7 Å². The minimum absolute atomic E-state index is 0.632. The van der Waals surface area contributed by atoms with Crippen molar-refractivity contribution in [2.24, 2.45) is 0 Å². The topological polar surface area (TPSA) is 55.4 Å². The van der Waals surface area contributed by atoms with Gasteiger partial charge in [-0.25, -0.2) is 9.97 Å². The summed E-state index contributed by atoms with van der Waals surface area (Å²) < 4.78 is 7.54. The molecule has 0 aliphatic rings. The summed E-state index contributed by atoms with van der Waals surface area (Å²) in [5, 5.41) is 5.00. The van der Waals surface area contributed by atoms with Gasteiger partial charge < -0.3 is 14.1 Å². The Bertz CT molecular complexity index is 734. The molecule has 0 saturated heterocycles. The standard InChI is InChI=1S/C15H18N4OS/c1-3-7-16-9-12-14(21-15-17-11(2)10-20-15)18-13-6-4-5-8-19(12)13/h4-6,8,10,16H,3,7,9H2,1-2H3. The van der Waals surface area contributed by atoms with E-state index in [9.17, 15) is 0 Å². The molecule has 0 aliphatic heterocycles. The van der Waals surface area contributed by atoms with E-state index in [2.05, 4.69) is 26.6 Å². The molecule has 0 amide bonds. The van der Waals surface area contributed by atoms with Crippen molar-refractivity contribution in [3.05, 3.63) is 42.0 Å². The number of hydrogen-bond donors (Lipinski definition) is 1. The van der Waals surface area contributed by atoms with Crippen molar-refractivity contribution in [2.75, 3.05) is 6.54 Å². The Labute approximate surface area is 127 Å². The number of nitrogens with zero attached hydrogens (tertiary/aromatic N) is 3.